The Hall–Kier alpha value is -1.91. The van der Waals surface area contributed by atoms with Gasteiger partial charge in [0.05, 0.1) is 28.4 Å². The highest BCUT2D eigenvalue weighted by atomic mass is 16.2. The van der Waals surface area contributed by atoms with Crippen LogP contribution in [0.1, 0.15) is 105 Å². The van der Waals surface area contributed by atoms with Gasteiger partial charge in [0, 0.05) is 6.20 Å². The van der Waals surface area contributed by atoms with Gasteiger partial charge >= 0.3 is 0 Å². The summed E-state index contributed by atoms with van der Waals surface area (Å²) in [5.41, 5.74) is 1.92. The van der Waals surface area contributed by atoms with Crippen LogP contribution in [0.25, 0.3) is 0 Å². The Morgan fingerprint density at radius 1 is 0.667 bits per heavy atom. The van der Waals surface area contributed by atoms with E-state index in [1.54, 1.807) is 12.4 Å². The Balaban J connectivity index is 1.13. The summed E-state index contributed by atoms with van der Waals surface area (Å²) in [5.74, 6) is 1.62. The predicted molar refractivity (Wildman–Crippen MR) is 141 cm³/mol. The molecule has 1 aromatic heterocycles. The van der Waals surface area contributed by atoms with Crippen LogP contribution < -0.4 is 10.6 Å². The van der Waals surface area contributed by atoms with Gasteiger partial charge in [-0.2, -0.15) is 0 Å². The van der Waals surface area contributed by atoms with E-state index in [0.29, 0.717) is 23.2 Å². The summed E-state index contributed by atoms with van der Waals surface area (Å²) in [4.78, 5) is 32.2. The lowest BCUT2D eigenvalue weighted by Crippen LogP contribution is -2.59. The molecule has 8 aliphatic carbocycles. The molecule has 0 radical (unpaired) electrons. The average molecular weight is 490 g/mol. The van der Waals surface area contributed by atoms with E-state index in [0.717, 1.165) is 38.5 Å². The molecule has 8 saturated carbocycles. The Morgan fingerprint density at radius 3 is 1.50 bits per heavy atom. The minimum Gasteiger partial charge on any atom is -0.324 e. The van der Waals surface area contributed by atoms with Crippen molar-refractivity contribution >= 4 is 23.2 Å². The molecule has 5 nitrogen and oxygen atoms in total. The molecule has 0 spiro atoms. The molecule has 5 heteroatoms. The fourth-order valence-corrected chi connectivity index (χ4v) is 12.5. The van der Waals surface area contributed by atoms with Gasteiger partial charge in [-0.05, 0) is 117 Å². The van der Waals surface area contributed by atoms with Crippen molar-refractivity contribution in [3.8, 4) is 0 Å². The Bertz CT molecular complexity index is 1030. The number of hydrogen-bond acceptors (Lipinski definition) is 3. The second kappa shape index (κ2) is 6.94. The number of aromatic nitrogens is 1. The van der Waals surface area contributed by atoms with Crippen molar-refractivity contribution in [2.45, 2.75) is 105 Å². The molecule has 1 heterocycles. The first kappa shape index (κ1) is 23.2. The van der Waals surface area contributed by atoms with Crippen LogP contribution in [-0.4, -0.2) is 16.8 Å². The fraction of sp³-hybridized carbons (Fsp3) is 0.774. The normalized spacial score (nSPS) is 49.8. The van der Waals surface area contributed by atoms with Gasteiger partial charge in [-0.25, -0.2) is 0 Å². The molecule has 36 heavy (non-hydrogen) atoms. The molecule has 194 valence electrons. The first-order valence-electron chi connectivity index (χ1n) is 14.4. The molecule has 4 atom stereocenters. The van der Waals surface area contributed by atoms with Crippen LogP contribution in [0.15, 0.2) is 18.5 Å². The van der Waals surface area contributed by atoms with E-state index in [1.165, 1.54) is 38.5 Å². The highest BCUT2D eigenvalue weighted by molar-refractivity contribution is 6.03. The molecule has 4 unspecified atom stereocenters. The average Bonchev–Trinajstić information content (AvgIpc) is 2.70. The number of pyridine rings is 1. The topological polar surface area (TPSA) is 71.1 Å². The van der Waals surface area contributed by atoms with E-state index >= 15 is 0 Å². The number of nitrogens with zero attached hydrogens (tertiary/aromatic N) is 1. The maximum Gasteiger partial charge on any atom is 0.230 e. The maximum atomic E-state index is 14.0. The van der Waals surface area contributed by atoms with Crippen molar-refractivity contribution in [2.24, 2.45) is 44.3 Å². The third-order valence-electron chi connectivity index (χ3n) is 11.5. The molecule has 0 saturated heterocycles. The van der Waals surface area contributed by atoms with E-state index in [4.69, 9.17) is 0 Å². The summed E-state index contributed by atoms with van der Waals surface area (Å²) in [6.45, 7) is 9.62. The van der Waals surface area contributed by atoms with Crippen molar-refractivity contribution in [2.75, 3.05) is 10.6 Å². The quantitative estimate of drug-likeness (QED) is 0.481. The fourth-order valence-electron chi connectivity index (χ4n) is 12.5. The smallest absolute Gasteiger partial charge is 0.230 e. The molecule has 9 rings (SSSR count). The van der Waals surface area contributed by atoms with Crippen molar-refractivity contribution in [3.05, 3.63) is 18.5 Å². The Morgan fingerprint density at radius 2 is 1.08 bits per heavy atom. The number of nitrogens with one attached hydrogen (secondary N) is 2. The minimum absolute atomic E-state index is 0.141. The summed E-state index contributed by atoms with van der Waals surface area (Å²) < 4.78 is 0. The number of amides is 2. The SMILES string of the molecule is CC12CC3CC(C)(C1)CC(C(=O)Nc1ccncc1NC(=O)C14CC5CC(C)(CC(C)(C5)C1)C4)(C3)C2. The van der Waals surface area contributed by atoms with Gasteiger partial charge in [-0.1, -0.05) is 27.7 Å². The third-order valence-corrected chi connectivity index (χ3v) is 11.5. The minimum atomic E-state index is -0.289. The van der Waals surface area contributed by atoms with Crippen LogP contribution in [0.3, 0.4) is 0 Å². The zero-order valence-electron chi connectivity index (χ0n) is 22.6. The molecule has 8 fully saturated rings. The molecule has 0 aliphatic heterocycles. The number of anilines is 2. The van der Waals surface area contributed by atoms with Gasteiger partial charge in [0.1, 0.15) is 0 Å². The van der Waals surface area contributed by atoms with Gasteiger partial charge in [0.25, 0.3) is 0 Å². The van der Waals surface area contributed by atoms with Crippen LogP contribution >= 0.6 is 0 Å². The van der Waals surface area contributed by atoms with Crippen LogP contribution in [0.4, 0.5) is 11.4 Å². The molecular formula is C31H43N3O2. The molecule has 1 aromatic rings. The van der Waals surface area contributed by atoms with Crippen LogP contribution in [-0.2, 0) is 9.59 Å². The van der Waals surface area contributed by atoms with Crippen LogP contribution in [0.5, 0.6) is 0 Å². The first-order chi connectivity index (χ1) is 16.8. The third kappa shape index (κ3) is 3.43. The zero-order valence-corrected chi connectivity index (χ0v) is 22.6. The molecule has 8 bridgehead atoms. The Labute approximate surface area is 216 Å². The van der Waals surface area contributed by atoms with Crippen LogP contribution in [0.2, 0.25) is 0 Å². The van der Waals surface area contributed by atoms with Crippen molar-refractivity contribution in [3.63, 3.8) is 0 Å². The Kier molecular flexibility index (Phi) is 4.47. The van der Waals surface area contributed by atoms with Gasteiger partial charge < -0.3 is 10.6 Å². The van der Waals surface area contributed by atoms with E-state index in [1.807, 2.05) is 6.07 Å². The lowest BCUT2D eigenvalue weighted by molar-refractivity contribution is -0.165. The number of carbonyl (C=O) groups is 2. The largest absolute Gasteiger partial charge is 0.324 e. The highest BCUT2D eigenvalue weighted by Crippen LogP contribution is 2.71. The number of carbonyl (C=O) groups excluding carboxylic acids is 2. The molecule has 2 amide bonds. The second-order valence-electron chi connectivity index (χ2n) is 16.2. The van der Waals surface area contributed by atoms with E-state index < -0.39 is 0 Å². The molecular weight excluding hydrogens is 446 g/mol. The highest BCUT2D eigenvalue weighted by Gasteiger charge is 2.64. The first-order valence-corrected chi connectivity index (χ1v) is 14.4. The molecule has 2 N–H and O–H groups in total. The lowest BCUT2D eigenvalue weighted by Gasteiger charge is -2.64. The van der Waals surface area contributed by atoms with Gasteiger partial charge in [-0.3, -0.25) is 14.6 Å². The lowest BCUT2D eigenvalue weighted by atomic mass is 9.40. The molecule has 8 aliphatic rings. The van der Waals surface area contributed by atoms with Gasteiger partial charge in [0.2, 0.25) is 11.8 Å². The summed E-state index contributed by atoms with van der Waals surface area (Å²) >= 11 is 0. The second-order valence-corrected chi connectivity index (χ2v) is 16.2. The van der Waals surface area contributed by atoms with Gasteiger partial charge in [0.15, 0.2) is 0 Å². The maximum absolute atomic E-state index is 14.0. The van der Waals surface area contributed by atoms with Crippen molar-refractivity contribution < 1.29 is 9.59 Å². The predicted octanol–water partition coefficient (Wildman–Crippen LogP) is 6.95. The van der Waals surface area contributed by atoms with Crippen LogP contribution in [0, 0.1) is 44.3 Å². The molecule has 0 aromatic carbocycles. The number of rotatable bonds is 4. The zero-order chi connectivity index (χ0) is 25.2. The standard InChI is InChI=1S/C31H43N3O2/c1-26-7-20-8-27(2,14-26)17-30(11-20,16-26)24(35)33-22-5-6-32-13-23(22)34-25(36)31-12-21-9-28(3,18-31)15-29(4,10-21)19-31/h5-6,13,20-21H,7-12,14-19H2,1-4H3,(H,34,36)(H,32,33,35). The summed E-state index contributed by atoms with van der Waals surface area (Å²) in [7, 11) is 0. The van der Waals surface area contributed by atoms with Gasteiger partial charge in [-0.15, -0.1) is 0 Å². The number of hydrogen-bond donors (Lipinski definition) is 2. The van der Waals surface area contributed by atoms with E-state index in [-0.39, 0.29) is 44.3 Å². The van der Waals surface area contributed by atoms with Crippen molar-refractivity contribution in [1.82, 2.24) is 4.98 Å². The van der Waals surface area contributed by atoms with E-state index in [2.05, 4.69) is 43.3 Å². The summed E-state index contributed by atoms with van der Waals surface area (Å²) in [5, 5.41) is 6.58. The summed E-state index contributed by atoms with van der Waals surface area (Å²) in [6.07, 6.45) is 17.0. The van der Waals surface area contributed by atoms with Crippen molar-refractivity contribution in [1.29, 1.82) is 0 Å². The summed E-state index contributed by atoms with van der Waals surface area (Å²) in [6, 6.07) is 1.86. The monoisotopic (exact) mass is 489 g/mol. The van der Waals surface area contributed by atoms with E-state index in [9.17, 15) is 9.59 Å².